The van der Waals surface area contributed by atoms with Gasteiger partial charge in [-0.2, -0.15) is 5.10 Å². The molecular formula is C15H19N3O2S. The number of sulfonamides is 1. The SMILES string of the molecule is CC(C)c1cc(NS(=O)(=O)c2ccc3c(c2)CCC3)n[nH]1. The van der Waals surface area contributed by atoms with E-state index in [1.54, 1.807) is 18.2 Å². The third kappa shape index (κ3) is 2.81. The lowest BCUT2D eigenvalue weighted by Gasteiger charge is -2.07. The van der Waals surface area contributed by atoms with E-state index in [2.05, 4.69) is 14.9 Å². The molecule has 0 fully saturated rings. The van der Waals surface area contributed by atoms with Crippen LogP contribution in [-0.2, 0) is 22.9 Å². The van der Waals surface area contributed by atoms with Gasteiger partial charge in [0.25, 0.3) is 10.0 Å². The van der Waals surface area contributed by atoms with Crippen LogP contribution in [0.25, 0.3) is 0 Å². The fourth-order valence-electron chi connectivity index (χ4n) is 2.60. The highest BCUT2D eigenvalue weighted by molar-refractivity contribution is 7.92. The molecule has 1 aliphatic rings. The van der Waals surface area contributed by atoms with E-state index in [4.69, 9.17) is 0 Å². The minimum absolute atomic E-state index is 0.274. The van der Waals surface area contributed by atoms with Gasteiger partial charge in [0.15, 0.2) is 5.82 Å². The lowest BCUT2D eigenvalue weighted by atomic mass is 10.1. The normalized spacial score (nSPS) is 14.4. The third-order valence-corrected chi connectivity index (χ3v) is 5.19. The van der Waals surface area contributed by atoms with Crippen LogP contribution in [0.4, 0.5) is 5.82 Å². The highest BCUT2D eigenvalue weighted by atomic mass is 32.2. The van der Waals surface area contributed by atoms with E-state index >= 15 is 0 Å². The summed E-state index contributed by atoms with van der Waals surface area (Å²) in [6.07, 6.45) is 3.10. The number of anilines is 1. The average molecular weight is 305 g/mol. The Hall–Kier alpha value is -1.82. The Labute approximate surface area is 124 Å². The summed E-state index contributed by atoms with van der Waals surface area (Å²) >= 11 is 0. The number of nitrogens with zero attached hydrogens (tertiary/aromatic N) is 1. The van der Waals surface area contributed by atoms with Gasteiger partial charge in [0.1, 0.15) is 0 Å². The first-order chi connectivity index (χ1) is 9.95. The second-order valence-corrected chi connectivity index (χ2v) is 7.44. The molecule has 0 radical (unpaired) electrons. The monoisotopic (exact) mass is 305 g/mol. The number of fused-ring (bicyclic) bond motifs is 1. The molecule has 1 aliphatic carbocycles. The standard InChI is InChI=1S/C15H19N3O2S/c1-10(2)14-9-15(17-16-14)18-21(19,20)13-7-6-11-4-3-5-12(11)8-13/h6-10H,3-5H2,1-2H3,(H2,16,17,18). The van der Waals surface area contributed by atoms with Crippen molar-refractivity contribution in [1.82, 2.24) is 10.2 Å². The first-order valence-electron chi connectivity index (χ1n) is 7.15. The fraction of sp³-hybridized carbons (Fsp3) is 0.400. The predicted octanol–water partition coefficient (Wildman–Crippen LogP) is 2.82. The second-order valence-electron chi connectivity index (χ2n) is 5.75. The zero-order chi connectivity index (χ0) is 15.0. The van der Waals surface area contributed by atoms with Gasteiger partial charge >= 0.3 is 0 Å². The summed E-state index contributed by atoms with van der Waals surface area (Å²) in [7, 11) is -3.58. The van der Waals surface area contributed by atoms with E-state index in [-0.39, 0.29) is 5.92 Å². The van der Waals surface area contributed by atoms with Gasteiger partial charge in [-0.1, -0.05) is 19.9 Å². The molecule has 5 nitrogen and oxygen atoms in total. The molecule has 21 heavy (non-hydrogen) atoms. The highest BCUT2D eigenvalue weighted by Gasteiger charge is 2.19. The predicted molar refractivity (Wildman–Crippen MR) is 82.0 cm³/mol. The number of aromatic nitrogens is 2. The molecule has 0 spiro atoms. The summed E-state index contributed by atoms with van der Waals surface area (Å²) in [5, 5.41) is 6.85. The van der Waals surface area contributed by atoms with Crippen LogP contribution in [0.5, 0.6) is 0 Å². The molecule has 2 N–H and O–H groups in total. The summed E-state index contributed by atoms with van der Waals surface area (Å²) in [5.41, 5.74) is 3.31. The Kier molecular flexibility index (Phi) is 3.49. The molecule has 0 unspecified atom stereocenters. The van der Waals surface area contributed by atoms with Gasteiger partial charge in [0.05, 0.1) is 4.90 Å². The molecule has 1 aromatic heterocycles. The number of H-pyrrole nitrogens is 1. The highest BCUT2D eigenvalue weighted by Crippen LogP contribution is 2.26. The smallest absolute Gasteiger partial charge is 0.263 e. The van der Waals surface area contributed by atoms with Crippen LogP contribution in [0.1, 0.15) is 43.0 Å². The Balaban J connectivity index is 1.86. The van der Waals surface area contributed by atoms with E-state index in [1.807, 2.05) is 19.9 Å². The maximum atomic E-state index is 12.4. The quantitative estimate of drug-likeness (QED) is 0.912. The number of hydrogen-bond acceptors (Lipinski definition) is 3. The number of aryl methyl sites for hydroxylation is 2. The van der Waals surface area contributed by atoms with E-state index < -0.39 is 10.0 Å². The summed E-state index contributed by atoms with van der Waals surface area (Å²) in [6.45, 7) is 4.04. The topological polar surface area (TPSA) is 74.8 Å². The number of nitrogens with one attached hydrogen (secondary N) is 2. The fourth-order valence-corrected chi connectivity index (χ4v) is 3.64. The zero-order valence-corrected chi connectivity index (χ0v) is 13.0. The summed E-state index contributed by atoms with van der Waals surface area (Å²) < 4.78 is 27.4. The molecular weight excluding hydrogens is 286 g/mol. The van der Waals surface area contributed by atoms with Crippen LogP contribution in [0.15, 0.2) is 29.2 Å². The van der Waals surface area contributed by atoms with Gasteiger partial charge in [-0.05, 0) is 48.4 Å². The number of rotatable bonds is 4. The van der Waals surface area contributed by atoms with E-state index in [9.17, 15) is 8.42 Å². The van der Waals surface area contributed by atoms with Crippen LogP contribution < -0.4 is 4.72 Å². The van der Waals surface area contributed by atoms with Gasteiger partial charge in [-0.3, -0.25) is 9.82 Å². The summed E-state index contributed by atoms with van der Waals surface area (Å²) in [4.78, 5) is 0.303. The molecule has 0 bridgehead atoms. The molecule has 2 aromatic rings. The number of aromatic amines is 1. The largest absolute Gasteiger partial charge is 0.280 e. The molecule has 0 aliphatic heterocycles. The van der Waals surface area contributed by atoms with Crippen LogP contribution >= 0.6 is 0 Å². The van der Waals surface area contributed by atoms with Crippen molar-refractivity contribution >= 4 is 15.8 Å². The summed E-state index contributed by atoms with van der Waals surface area (Å²) in [5.74, 6) is 0.606. The zero-order valence-electron chi connectivity index (χ0n) is 12.2. The van der Waals surface area contributed by atoms with E-state index in [0.717, 1.165) is 30.5 Å². The lowest BCUT2D eigenvalue weighted by molar-refractivity contribution is 0.601. The minimum Gasteiger partial charge on any atom is -0.280 e. The number of benzene rings is 1. The van der Waals surface area contributed by atoms with Crippen molar-refractivity contribution in [2.45, 2.75) is 43.9 Å². The molecule has 0 atom stereocenters. The Morgan fingerprint density at radius 3 is 2.67 bits per heavy atom. The second kappa shape index (κ2) is 5.18. The van der Waals surface area contributed by atoms with Crippen molar-refractivity contribution in [2.24, 2.45) is 0 Å². The van der Waals surface area contributed by atoms with Crippen molar-refractivity contribution in [2.75, 3.05) is 4.72 Å². The van der Waals surface area contributed by atoms with Crippen LogP contribution in [0.2, 0.25) is 0 Å². The van der Waals surface area contributed by atoms with Crippen molar-refractivity contribution in [1.29, 1.82) is 0 Å². The van der Waals surface area contributed by atoms with Crippen LogP contribution in [-0.4, -0.2) is 18.6 Å². The Bertz CT molecular complexity index is 763. The molecule has 0 amide bonds. The Morgan fingerprint density at radius 1 is 1.19 bits per heavy atom. The van der Waals surface area contributed by atoms with Crippen molar-refractivity contribution in [3.8, 4) is 0 Å². The number of hydrogen-bond donors (Lipinski definition) is 2. The van der Waals surface area contributed by atoms with Gasteiger partial charge < -0.3 is 0 Å². The molecule has 3 rings (SSSR count). The first kappa shape index (κ1) is 14.1. The van der Waals surface area contributed by atoms with Crippen LogP contribution in [0, 0.1) is 0 Å². The minimum atomic E-state index is -3.58. The van der Waals surface area contributed by atoms with Crippen molar-refractivity contribution in [3.63, 3.8) is 0 Å². The molecule has 1 heterocycles. The average Bonchev–Trinajstić information content (AvgIpc) is 3.05. The molecule has 0 saturated carbocycles. The lowest BCUT2D eigenvalue weighted by Crippen LogP contribution is -2.13. The molecule has 6 heteroatoms. The van der Waals surface area contributed by atoms with Gasteiger partial charge in [-0.15, -0.1) is 0 Å². The van der Waals surface area contributed by atoms with Gasteiger partial charge in [-0.25, -0.2) is 8.42 Å². The molecule has 0 saturated heterocycles. The summed E-state index contributed by atoms with van der Waals surface area (Å²) in [6, 6.07) is 7.10. The van der Waals surface area contributed by atoms with Gasteiger partial charge in [0.2, 0.25) is 0 Å². The first-order valence-corrected chi connectivity index (χ1v) is 8.64. The van der Waals surface area contributed by atoms with Crippen LogP contribution in [0.3, 0.4) is 0 Å². The Morgan fingerprint density at radius 2 is 1.95 bits per heavy atom. The van der Waals surface area contributed by atoms with Crippen molar-refractivity contribution in [3.05, 3.63) is 41.1 Å². The van der Waals surface area contributed by atoms with E-state index in [0.29, 0.717) is 10.7 Å². The molecule has 112 valence electrons. The van der Waals surface area contributed by atoms with E-state index in [1.165, 1.54) is 5.56 Å². The maximum Gasteiger partial charge on any atom is 0.263 e. The van der Waals surface area contributed by atoms with Gasteiger partial charge in [0, 0.05) is 11.8 Å². The third-order valence-electron chi connectivity index (χ3n) is 3.84. The molecule has 1 aromatic carbocycles. The maximum absolute atomic E-state index is 12.4. The van der Waals surface area contributed by atoms with Crippen molar-refractivity contribution < 1.29 is 8.42 Å².